The molecule has 0 aromatic carbocycles. The van der Waals surface area contributed by atoms with Gasteiger partial charge in [-0.1, -0.05) is 0 Å². The standard InChI is InChI=1S/C14H28N2O3/c1-14(2,3)19-13(18)16-11-7-5-10(6-8-11)12(17)9-15-4/h10-12,15,17H,5-9H2,1-4H3,(H,16,18). The minimum atomic E-state index is -0.454. The Bertz CT molecular complexity index is 281. The maximum absolute atomic E-state index is 11.7. The van der Waals surface area contributed by atoms with Gasteiger partial charge in [0.25, 0.3) is 0 Å². The third-order valence-corrected chi connectivity index (χ3v) is 3.45. The number of carbonyl (C=O) groups excluding carboxylic acids is 1. The van der Waals surface area contributed by atoms with E-state index in [1.807, 2.05) is 27.8 Å². The average Bonchev–Trinajstić information content (AvgIpc) is 2.27. The summed E-state index contributed by atoms with van der Waals surface area (Å²) in [4.78, 5) is 11.7. The molecule has 0 aromatic rings. The van der Waals surface area contributed by atoms with Crippen LogP contribution in [0.4, 0.5) is 4.79 Å². The highest BCUT2D eigenvalue weighted by Crippen LogP contribution is 2.27. The van der Waals surface area contributed by atoms with Crippen molar-refractivity contribution in [1.82, 2.24) is 10.6 Å². The molecule has 1 rings (SSSR count). The third kappa shape index (κ3) is 6.25. The van der Waals surface area contributed by atoms with Crippen molar-refractivity contribution in [3.63, 3.8) is 0 Å². The average molecular weight is 272 g/mol. The first-order chi connectivity index (χ1) is 8.81. The topological polar surface area (TPSA) is 70.6 Å². The Labute approximate surface area is 116 Å². The maximum atomic E-state index is 11.7. The summed E-state index contributed by atoms with van der Waals surface area (Å²) in [7, 11) is 1.85. The SMILES string of the molecule is CNCC(O)C1CCC(NC(=O)OC(C)(C)C)CC1. The van der Waals surface area contributed by atoms with Gasteiger partial charge in [-0.15, -0.1) is 0 Å². The van der Waals surface area contributed by atoms with E-state index >= 15 is 0 Å². The molecule has 0 aromatic heterocycles. The predicted octanol–water partition coefficient (Wildman–Crippen LogP) is 1.65. The fourth-order valence-electron chi connectivity index (χ4n) is 2.50. The summed E-state index contributed by atoms with van der Waals surface area (Å²) < 4.78 is 5.24. The van der Waals surface area contributed by atoms with Crippen LogP contribution in [0.3, 0.4) is 0 Å². The first-order valence-corrected chi connectivity index (χ1v) is 7.14. The van der Waals surface area contributed by atoms with Crippen LogP contribution >= 0.6 is 0 Å². The summed E-state index contributed by atoms with van der Waals surface area (Å²) in [6.45, 7) is 6.21. The summed E-state index contributed by atoms with van der Waals surface area (Å²) >= 11 is 0. The zero-order chi connectivity index (χ0) is 14.5. The second kappa shape index (κ2) is 7.10. The fraction of sp³-hybridized carbons (Fsp3) is 0.929. The number of amides is 1. The predicted molar refractivity (Wildman–Crippen MR) is 75.0 cm³/mol. The molecule has 112 valence electrons. The minimum absolute atomic E-state index is 0.174. The Morgan fingerprint density at radius 1 is 1.32 bits per heavy atom. The zero-order valence-electron chi connectivity index (χ0n) is 12.5. The molecule has 1 unspecified atom stereocenters. The van der Waals surface area contributed by atoms with Gasteiger partial charge in [-0.3, -0.25) is 0 Å². The van der Waals surface area contributed by atoms with Crippen LogP contribution in [0.1, 0.15) is 46.5 Å². The number of ether oxygens (including phenoxy) is 1. The molecule has 3 N–H and O–H groups in total. The highest BCUT2D eigenvalue weighted by molar-refractivity contribution is 5.68. The summed E-state index contributed by atoms with van der Waals surface area (Å²) in [5, 5.41) is 15.8. The Morgan fingerprint density at radius 3 is 2.37 bits per heavy atom. The Balaban J connectivity index is 2.28. The maximum Gasteiger partial charge on any atom is 0.407 e. The number of carbonyl (C=O) groups is 1. The van der Waals surface area contributed by atoms with Crippen LogP contribution in [0.2, 0.25) is 0 Å². The van der Waals surface area contributed by atoms with Crippen molar-refractivity contribution >= 4 is 6.09 Å². The molecule has 1 saturated carbocycles. The van der Waals surface area contributed by atoms with Gasteiger partial charge in [0.2, 0.25) is 0 Å². The molecule has 1 atom stereocenters. The van der Waals surface area contributed by atoms with Gasteiger partial charge in [0.15, 0.2) is 0 Å². The molecule has 0 spiro atoms. The molecular weight excluding hydrogens is 244 g/mol. The van der Waals surface area contributed by atoms with Crippen molar-refractivity contribution in [3.05, 3.63) is 0 Å². The van der Waals surface area contributed by atoms with Gasteiger partial charge in [-0.05, 0) is 59.4 Å². The number of aliphatic hydroxyl groups excluding tert-OH is 1. The van der Waals surface area contributed by atoms with E-state index in [9.17, 15) is 9.90 Å². The molecule has 1 aliphatic carbocycles. The first-order valence-electron chi connectivity index (χ1n) is 7.14. The lowest BCUT2D eigenvalue weighted by atomic mass is 9.82. The van der Waals surface area contributed by atoms with Crippen molar-refractivity contribution in [3.8, 4) is 0 Å². The van der Waals surface area contributed by atoms with E-state index in [1.54, 1.807) is 0 Å². The lowest BCUT2D eigenvalue weighted by Gasteiger charge is -2.32. The van der Waals surface area contributed by atoms with Crippen LogP contribution in [-0.4, -0.2) is 42.5 Å². The molecule has 0 saturated heterocycles. The molecule has 5 heteroatoms. The van der Waals surface area contributed by atoms with Gasteiger partial charge in [-0.2, -0.15) is 0 Å². The summed E-state index contributed by atoms with van der Waals surface area (Å²) in [6.07, 6.45) is 3.08. The van der Waals surface area contributed by atoms with E-state index < -0.39 is 5.60 Å². The minimum Gasteiger partial charge on any atom is -0.444 e. The van der Waals surface area contributed by atoms with E-state index in [1.165, 1.54) is 0 Å². The van der Waals surface area contributed by atoms with Crippen molar-refractivity contribution < 1.29 is 14.6 Å². The highest BCUT2D eigenvalue weighted by atomic mass is 16.6. The van der Waals surface area contributed by atoms with Crippen molar-refractivity contribution in [2.24, 2.45) is 5.92 Å². The number of hydrogen-bond acceptors (Lipinski definition) is 4. The normalized spacial score (nSPS) is 25.7. The lowest BCUT2D eigenvalue weighted by Crippen LogP contribution is -2.43. The number of rotatable bonds is 4. The molecule has 19 heavy (non-hydrogen) atoms. The second-order valence-corrected chi connectivity index (χ2v) is 6.38. The van der Waals surface area contributed by atoms with Gasteiger partial charge in [-0.25, -0.2) is 4.79 Å². The van der Waals surface area contributed by atoms with Crippen LogP contribution in [0.25, 0.3) is 0 Å². The first kappa shape index (κ1) is 16.2. The molecular formula is C14H28N2O3. The largest absolute Gasteiger partial charge is 0.444 e. The summed E-state index contributed by atoms with van der Waals surface area (Å²) in [5.74, 6) is 0.337. The Morgan fingerprint density at radius 2 is 1.89 bits per heavy atom. The van der Waals surface area contributed by atoms with Crippen molar-refractivity contribution in [1.29, 1.82) is 0 Å². The molecule has 0 aliphatic heterocycles. The number of nitrogens with one attached hydrogen (secondary N) is 2. The second-order valence-electron chi connectivity index (χ2n) is 6.38. The third-order valence-electron chi connectivity index (χ3n) is 3.45. The Kier molecular flexibility index (Phi) is 6.07. The van der Waals surface area contributed by atoms with E-state index in [2.05, 4.69) is 10.6 Å². The number of aliphatic hydroxyl groups is 1. The van der Waals surface area contributed by atoms with Crippen LogP contribution in [0.15, 0.2) is 0 Å². The van der Waals surface area contributed by atoms with Gasteiger partial charge in [0, 0.05) is 12.6 Å². The summed E-state index contributed by atoms with van der Waals surface area (Å²) in [6, 6.07) is 0.174. The van der Waals surface area contributed by atoms with Gasteiger partial charge in [0.1, 0.15) is 5.60 Å². The molecule has 0 heterocycles. The van der Waals surface area contributed by atoms with Crippen LogP contribution in [0, 0.1) is 5.92 Å². The van der Waals surface area contributed by atoms with Gasteiger partial charge in [0.05, 0.1) is 6.10 Å². The van der Waals surface area contributed by atoms with E-state index in [0.717, 1.165) is 25.7 Å². The van der Waals surface area contributed by atoms with Gasteiger partial charge < -0.3 is 20.5 Å². The monoisotopic (exact) mass is 272 g/mol. The number of hydrogen-bond donors (Lipinski definition) is 3. The molecule has 1 aliphatic rings. The van der Waals surface area contributed by atoms with Crippen LogP contribution in [0.5, 0.6) is 0 Å². The molecule has 1 amide bonds. The van der Waals surface area contributed by atoms with E-state index in [4.69, 9.17) is 4.74 Å². The van der Waals surface area contributed by atoms with Crippen molar-refractivity contribution in [2.75, 3.05) is 13.6 Å². The van der Waals surface area contributed by atoms with E-state index in [-0.39, 0.29) is 18.2 Å². The Hall–Kier alpha value is -0.810. The van der Waals surface area contributed by atoms with E-state index in [0.29, 0.717) is 12.5 Å². The molecule has 1 fully saturated rings. The fourth-order valence-corrected chi connectivity index (χ4v) is 2.50. The molecule has 0 bridgehead atoms. The smallest absolute Gasteiger partial charge is 0.407 e. The number of alkyl carbamates (subject to hydrolysis) is 1. The molecule has 0 radical (unpaired) electrons. The van der Waals surface area contributed by atoms with Crippen molar-refractivity contribution in [2.45, 2.75) is 64.2 Å². The van der Waals surface area contributed by atoms with Gasteiger partial charge >= 0.3 is 6.09 Å². The number of likely N-dealkylation sites (N-methyl/N-ethyl adjacent to an activating group) is 1. The summed E-state index contributed by atoms with van der Waals surface area (Å²) in [5.41, 5.74) is -0.454. The quantitative estimate of drug-likeness (QED) is 0.728. The molecule has 5 nitrogen and oxygen atoms in total. The lowest BCUT2D eigenvalue weighted by molar-refractivity contribution is 0.0452. The highest BCUT2D eigenvalue weighted by Gasteiger charge is 2.27. The van der Waals surface area contributed by atoms with Crippen LogP contribution in [-0.2, 0) is 4.74 Å². The van der Waals surface area contributed by atoms with Crippen LogP contribution < -0.4 is 10.6 Å². The zero-order valence-corrected chi connectivity index (χ0v) is 12.5.